The van der Waals surface area contributed by atoms with Gasteiger partial charge in [-0.25, -0.2) is 0 Å². The smallest absolute Gasteiger partial charge is 0.303 e. The Morgan fingerprint density at radius 3 is 1.54 bits per heavy atom. The first kappa shape index (κ1) is 41.5. The molecule has 8 atom stereocenters. The molecular weight excluding hydrogens is 725 g/mol. The summed E-state index contributed by atoms with van der Waals surface area (Å²) in [5.41, 5.74) is 4.07. The summed E-state index contributed by atoms with van der Waals surface area (Å²) >= 11 is 0. The van der Waals surface area contributed by atoms with Crippen LogP contribution in [0.15, 0.2) is 133 Å². The van der Waals surface area contributed by atoms with Gasteiger partial charge in [-0.15, -0.1) is 0 Å². The molecule has 0 bridgehead atoms. The standard InChI is InChI=1S/C47H50O10/c1-34(48)51-33-43-41(55-35(2)49)27-26-40(56-43)24-15-25-42-45(52-29-37-18-9-4-10-19-37)47(54-31-39-22-13-6-14-23-39)46(53-30-38-20-11-5-12-21-38)44(57-42)32-50-28-36-16-7-3-8-17-36/h3-14,16-23,26-27,40-47H,25,28-33H2,1-2H3/t40?,41-,42+,43+,44+,45-,46+,47+/m0/s1. The van der Waals surface area contributed by atoms with Gasteiger partial charge in [-0.3, -0.25) is 9.59 Å². The van der Waals surface area contributed by atoms with Gasteiger partial charge in [0.1, 0.15) is 49.3 Å². The van der Waals surface area contributed by atoms with Crippen LogP contribution in [0.25, 0.3) is 0 Å². The van der Waals surface area contributed by atoms with E-state index in [0.717, 1.165) is 22.3 Å². The van der Waals surface area contributed by atoms with Crippen molar-refractivity contribution in [1.82, 2.24) is 0 Å². The van der Waals surface area contributed by atoms with Gasteiger partial charge in [0.25, 0.3) is 0 Å². The van der Waals surface area contributed by atoms with Gasteiger partial charge < -0.3 is 37.9 Å². The Bertz CT molecular complexity index is 1890. The molecule has 0 N–H and O–H groups in total. The van der Waals surface area contributed by atoms with Crippen molar-refractivity contribution in [2.45, 2.75) is 95.5 Å². The molecule has 0 spiro atoms. The summed E-state index contributed by atoms with van der Waals surface area (Å²) in [5.74, 6) is 5.53. The zero-order valence-corrected chi connectivity index (χ0v) is 32.4. The first-order valence-electron chi connectivity index (χ1n) is 19.3. The van der Waals surface area contributed by atoms with Crippen LogP contribution in [-0.4, -0.2) is 74.0 Å². The molecule has 10 heteroatoms. The van der Waals surface area contributed by atoms with E-state index < -0.39 is 60.8 Å². The Morgan fingerprint density at radius 2 is 1.04 bits per heavy atom. The summed E-state index contributed by atoms with van der Waals surface area (Å²) in [7, 11) is 0. The van der Waals surface area contributed by atoms with E-state index >= 15 is 0 Å². The van der Waals surface area contributed by atoms with Crippen LogP contribution >= 0.6 is 0 Å². The Balaban J connectivity index is 1.29. The van der Waals surface area contributed by atoms with Crippen LogP contribution in [0.1, 0.15) is 42.5 Å². The van der Waals surface area contributed by atoms with Crippen molar-refractivity contribution >= 4 is 11.9 Å². The summed E-state index contributed by atoms with van der Waals surface area (Å²) in [6.07, 6.45) is -1.22. The SMILES string of the molecule is CC(=O)OC[C@H]1OC(C#CC[C@H]2O[C@H](COCc3ccccc3)[C@@H](OCc3ccccc3)[C@H](OCc3ccccc3)[C@H]2OCc2ccccc2)C=C[C@@H]1OC(C)=O. The fourth-order valence-corrected chi connectivity index (χ4v) is 6.68. The van der Waals surface area contributed by atoms with Gasteiger partial charge in [0.2, 0.25) is 0 Å². The molecule has 1 saturated heterocycles. The lowest BCUT2D eigenvalue weighted by Gasteiger charge is -2.46. The molecule has 57 heavy (non-hydrogen) atoms. The number of benzene rings is 4. The molecule has 0 saturated carbocycles. The van der Waals surface area contributed by atoms with E-state index in [1.807, 2.05) is 121 Å². The number of esters is 2. The molecule has 0 aliphatic carbocycles. The fourth-order valence-electron chi connectivity index (χ4n) is 6.68. The normalized spacial score (nSPS) is 24.2. The van der Waals surface area contributed by atoms with E-state index in [1.54, 1.807) is 12.2 Å². The third kappa shape index (κ3) is 13.2. The lowest BCUT2D eigenvalue weighted by molar-refractivity contribution is -0.271. The van der Waals surface area contributed by atoms with E-state index in [4.69, 9.17) is 37.9 Å². The van der Waals surface area contributed by atoms with Gasteiger partial charge in [0, 0.05) is 20.3 Å². The predicted octanol–water partition coefficient (Wildman–Crippen LogP) is 6.94. The number of hydrogen-bond acceptors (Lipinski definition) is 10. The van der Waals surface area contributed by atoms with Gasteiger partial charge in [-0.1, -0.05) is 133 Å². The highest BCUT2D eigenvalue weighted by Crippen LogP contribution is 2.32. The molecule has 298 valence electrons. The minimum absolute atomic E-state index is 0.0909. The van der Waals surface area contributed by atoms with Crippen molar-refractivity contribution < 1.29 is 47.5 Å². The molecule has 2 aliphatic rings. The summed E-state index contributed by atoms with van der Waals surface area (Å²) in [5, 5.41) is 0. The number of rotatable bonds is 17. The zero-order chi connectivity index (χ0) is 39.7. The second-order valence-electron chi connectivity index (χ2n) is 13.9. The molecule has 1 unspecified atom stereocenters. The molecule has 0 radical (unpaired) electrons. The van der Waals surface area contributed by atoms with Crippen LogP contribution in [0.5, 0.6) is 0 Å². The molecule has 4 aromatic rings. The second-order valence-corrected chi connectivity index (χ2v) is 13.9. The molecule has 6 rings (SSSR count). The zero-order valence-electron chi connectivity index (χ0n) is 32.4. The molecule has 0 amide bonds. The van der Waals surface area contributed by atoms with Gasteiger partial charge in [0.15, 0.2) is 0 Å². The van der Waals surface area contributed by atoms with Crippen LogP contribution in [0.2, 0.25) is 0 Å². The Hall–Kier alpha value is -5.12. The fraction of sp³-hybridized carbons (Fsp3) is 0.362. The molecule has 2 heterocycles. The lowest BCUT2D eigenvalue weighted by atomic mass is 9.92. The van der Waals surface area contributed by atoms with Crippen LogP contribution in [0.3, 0.4) is 0 Å². The van der Waals surface area contributed by atoms with Gasteiger partial charge in [0.05, 0.1) is 39.1 Å². The minimum Gasteiger partial charge on any atom is -0.463 e. The van der Waals surface area contributed by atoms with Crippen molar-refractivity contribution in [2.75, 3.05) is 13.2 Å². The van der Waals surface area contributed by atoms with E-state index in [-0.39, 0.29) is 19.6 Å². The van der Waals surface area contributed by atoms with Gasteiger partial charge in [-0.05, 0) is 34.4 Å². The first-order valence-corrected chi connectivity index (χ1v) is 19.3. The van der Waals surface area contributed by atoms with Crippen molar-refractivity contribution in [3.05, 3.63) is 156 Å². The van der Waals surface area contributed by atoms with E-state index in [2.05, 4.69) is 11.8 Å². The quantitative estimate of drug-likeness (QED) is 0.0637. The molecule has 0 aromatic heterocycles. The van der Waals surface area contributed by atoms with Crippen LogP contribution in [0.4, 0.5) is 0 Å². The number of ether oxygens (including phenoxy) is 8. The van der Waals surface area contributed by atoms with E-state index in [0.29, 0.717) is 26.4 Å². The van der Waals surface area contributed by atoms with Crippen molar-refractivity contribution in [2.24, 2.45) is 0 Å². The summed E-state index contributed by atoms with van der Waals surface area (Å²) in [6, 6.07) is 40.0. The third-order valence-electron chi connectivity index (χ3n) is 9.44. The molecule has 2 aliphatic heterocycles. The largest absolute Gasteiger partial charge is 0.463 e. The van der Waals surface area contributed by atoms with Gasteiger partial charge >= 0.3 is 11.9 Å². The van der Waals surface area contributed by atoms with Crippen molar-refractivity contribution in [1.29, 1.82) is 0 Å². The van der Waals surface area contributed by atoms with Crippen LogP contribution < -0.4 is 0 Å². The molecule has 4 aromatic carbocycles. The van der Waals surface area contributed by atoms with Gasteiger partial charge in [-0.2, -0.15) is 0 Å². The third-order valence-corrected chi connectivity index (χ3v) is 9.44. The highest BCUT2D eigenvalue weighted by atomic mass is 16.6. The summed E-state index contributed by atoms with van der Waals surface area (Å²) < 4.78 is 50.3. The van der Waals surface area contributed by atoms with E-state index in [1.165, 1.54) is 13.8 Å². The number of carbonyl (C=O) groups excluding carboxylic acids is 2. The average molecular weight is 775 g/mol. The van der Waals surface area contributed by atoms with Crippen LogP contribution in [-0.2, 0) is 73.9 Å². The topological polar surface area (TPSA) is 108 Å². The highest BCUT2D eigenvalue weighted by molar-refractivity contribution is 5.67. The average Bonchev–Trinajstić information content (AvgIpc) is 3.23. The second kappa shape index (κ2) is 22.0. The molecular formula is C47H50O10. The first-order chi connectivity index (χ1) is 27.9. The molecule has 1 fully saturated rings. The maximum atomic E-state index is 11.8. The predicted molar refractivity (Wildman–Crippen MR) is 212 cm³/mol. The number of carbonyl (C=O) groups is 2. The van der Waals surface area contributed by atoms with E-state index in [9.17, 15) is 9.59 Å². The molecule has 10 nitrogen and oxygen atoms in total. The maximum Gasteiger partial charge on any atom is 0.303 e. The Morgan fingerprint density at radius 1 is 0.544 bits per heavy atom. The summed E-state index contributed by atoms with van der Waals surface area (Å²) in [4.78, 5) is 23.3. The Kier molecular flexibility index (Phi) is 16.0. The van der Waals surface area contributed by atoms with Crippen molar-refractivity contribution in [3.8, 4) is 11.8 Å². The van der Waals surface area contributed by atoms with Crippen LogP contribution in [0, 0.1) is 11.8 Å². The minimum atomic E-state index is -0.723. The van der Waals surface area contributed by atoms with Crippen molar-refractivity contribution in [3.63, 3.8) is 0 Å². The Labute approximate surface area is 335 Å². The lowest BCUT2D eigenvalue weighted by Crippen LogP contribution is -2.61. The monoisotopic (exact) mass is 774 g/mol. The summed E-state index contributed by atoms with van der Waals surface area (Å²) in [6.45, 7) is 4.14. The maximum absolute atomic E-state index is 11.8. The highest BCUT2D eigenvalue weighted by Gasteiger charge is 2.48. The number of hydrogen-bond donors (Lipinski definition) is 0.